The molecule has 0 radical (unpaired) electrons. The van der Waals surface area contributed by atoms with Crippen LogP contribution in [0.5, 0.6) is 0 Å². The molecule has 0 saturated heterocycles. The van der Waals surface area contributed by atoms with Crippen molar-refractivity contribution in [3.63, 3.8) is 0 Å². The lowest BCUT2D eigenvalue weighted by Crippen LogP contribution is -1.81. The van der Waals surface area contributed by atoms with E-state index in [-0.39, 0.29) is 0 Å². The van der Waals surface area contributed by atoms with Gasteiger partial charge < -0.3 is 4.57 Å². The van der Waals surface area contributed by atoms with Crippen LogP contribution >= 0.6 is 0 Å². The maximum atomic E-state index is 10.4. The van der Waals surface area contributed by atoms with Gasteiger partial charge in [-0.1, -0.05) is 24.3 Å². The summed E-state index contributed by atoms with van der Waals surface area (Å²) >= 11 is 0. The van der Waals surface area contributed by atoms with E-state index in [1.54, 1.807) is 18.5 Å². The zero-order valence-electron chi connectivity index (χ0n) is 7.84. The molecule has 3 heteroatoms. The van der Waals surface area contributed by atoms with Crippen LogP contribution in [0, 0.1) is 0 Å². The Labute approximate surface area is 82.0 Å². The van der Waals surface area contributed by atoms with Crippen LogP contribution < -0.4 is 0 Å². The van der Waals surface area contributed by atoms with Crippen LogP contribution in [0.25, 0.3) is 11.3 Å². The van der Waals surface area contributed by atoms with Crippen molar-refractivity contribution in [3.8, 4) is 11.3 Å². The van der Waals surface area contributed by atoms with E-state index < -0.39 is 0 Å². The van der Waals surface area contributed by atoms with Gasteiger partial charge in [-0.3, -0.25) is 4.79 Å². The van der Waals surface area contributed by atoms with Gasteiger partial charge in [0.25, 0.3) is 0 Å². The summed E-state index contributed by atoms with van der Waals surface area (Å²) in [7, 11) is 1.93. The van der Waals surface area contributed by atoms with Crippen molar-refractivity contribution in [2.75, 3.05) is 0 Å². The number of imidazole rings is 1. The van der Waals surface area contributed by atoms with E-state index >= 15 is 0 Å². The fourth-order valence-electron chi connectivity index (χ4n) is 1.29. The molecule has 1 aromatic heterocycles. The van der Waals surface area contributed by atoms with Crippen molar-refractivity contribution in [1.29, 1.82) is 0 Å². The highest BCUT2D eigenvalue weighted by Crippen LogP contribution is 2.16. The van der Waals surface area contributed by atoms with Gasteiger partial charge >= 0.3 is 0 Å². The van der Waals surface area contributed by atoms with Crippen molar-refractivity contribution in [2.45, 2.75) is 0 Å². The van der Waals surface area contributed by atoms with Gasteiger partial charge in [0.05, 0.1) is 12.0 Å². The number of hydrogen-bond acceptors (Lipinski definition) is 2. The standard InChI is InChI=1S/C11H10N2O/c1-13-6-11(12-8-13)10-4-2-9(7-14)3-5-10/h2-8H,1H3. The molecule has 0 spiro atoms. The first-order valence-corrected chi connectivity index (χ1v) is 4.33. The van der Waals surface area contributed by atoms with Gasteiger partial charge in [0, 0.05) is 24.4 Å². The number of aldehydes is 1. The highest BCUT2D eigenvalue weighted by Gasteiger charge is 1.99. The van der Waals surface area contributed by atoms with Crippen molar-refractivity contribution in [1.82, 2.24) is 9.55 Å². The largest absolute Gasteiger partial charge is 0.340 e. The fraction of sp³-hybridized carbons (Fsp3) is 0.0909. The predicted molar refractivity (Wildman–Crippen MR) is 54.0 cm³/mol. The number of hydrogen-bond donors (Lipinski definition) is 0. The second kappa shape index (κ2) is 3.46. The van der Waals surface area contributed by atoms with E-state index in [0.29, 0.717) is 5.56 Å². The third kappa shape index (κ3) is 1.57. The first-order chi connectivity index (χ1) is 6.79. The van der Waals surface area contributed by atoms with E-state index in [2.05, 4.69) is 4.98 Å². The second-order valence-corrected chi connectivity index (χ2v) is 3.16. The summed E-state index contributed by atoms with van der Waals surface area (Å²) in [5.41, 5.74) is 2.63. The van der Waals surface area contributed by atoms with Crippen LogP contribution in [0.2, 0.25) is 0 Å². The molecule has 3 nitrogen and oxygen atoms in total. The van der Waals surface area contributed by atoms with Crippen LogP contribution in [0.15, 0.2) is 36.8 Å². The molecule has 0 N–H and O–H groups in total. The molecule has 14 heavy (non-hydrogen) atoms. The van der Waals surface area contributed by atoms with Gasteiger partial charge in [-0.2, -0.15) is 0 Å². The quantitative estimate of drug-likeness (QED) is 0.671. The molecule has 70 valence electrons. The Morgan fingerprint density at radius 1 is 1.29 bits per heavy atom. The average molecular weight is 186 g/mol. The van der Waals surface area contributed by atoms with Crippen molar-refractivity contribution < 1.29 is 4.79 Å². The van der Waals surface area contributed by atoms with E-state index in [9.17, 15) is 4.79 Å². The summed E-state index contributed by atoms with van der Waals surface area (Å²) in [6.07, 6.45) is 4.53. The second-order valence-electron chi connectivity index (χ2n) is 3.16. The minimum atomic E-state index is 0.685. The maximum Gasteiger partial charge on any atom is 0.150 e. The number of aromatic nitrogens is 2. The Kier molecular flexibility index (Phi) is 2.14. The van der Waals surface area contributed by atoms with Gasteiger partial charge in [0.2, 0.25) is 0 Å². The van der Waals surface area contributed by atoms with Crippen LogP contribution in [-0.2, 0) is 7.05 Å². The van der Waals surface area contributed by atoms with Crippen molar-refractivity contribution in [3.05, 3.63) is 42.4 Å². The summed E-state index contributed by atoms with van der Waals surface area (Å²) in [6.45, 7) is 0. The smallest absolute Gasteiger partial charge is 0.150 e. The first-order valence-electron chi connectivity index (χ1n) is 4.33. The Hall–Kier alpha value is -1.90. The lowest BCUT2D eigenvalue weighted by Gasteiger charge is -1.95. The van der Waals surface area contributed by atoms with Crippen molar-refractivity contribution in [2.24, 2.45) is 7.05 Å². The van der Waals surface area contributed by atoms with Gasteiger partial charge in [-0.15, -0.1) is 0 Å². The van der Waals surface area contributed by atoms with Crippen LogP contribution in [-0.4, -0.2) is 15.8 Å². The minimum Gasteiger partial charge on any atom is -0.340 e. The van der Waals surface area contributed by atoms with E-state index in [4.69, 9.17) is 0 Å². The molecule has 0 bridgehead atoms. The van der Waals surface area contributed by atoms with Gasteiger partial charge in [-0.05, 0) is 0 Å². The Balaban J connectivity index is 2.38. The SMILES string of the molecule is Cn1cnc(-c2ccc(C=O)cc2)c1. The highest BCUT2D eigenvalue weighted by atomic mass is 16.1. The molecule has 0 aliphatic carbocycles. The molecule has 0 fully saturated rings. The predicted octanol–water partition coefficient (Wildman–Crippen LogP) is 1.90. The zero-order chi connectivity index (χ0) is 9.97. The normalized spacial score (nSPS) is 10.1. The number of benzene rings is 1. The van der Waals surface area contributed by atoms with Gasteiger partial charge in [-0.25, -0.2) is 4.98 Å². The van der Waals surface area contributed by atoms with Gasteiger partial charge in [0.15, 0.2) is 0 Å². The zero-order valence-corrected chi connectivity index (χ0v) is 7.84. The molecule has 2 rings (SSSR count). The summed E-state index contributed by atoms with van der Waals surface area (Å²) in [5.74, 6) is 0. The summed E-state index contributed by atoms with van der Waals surface area (Å²) < 4.78 is 1.89. The van der Waals surface area contributed by atoms with E-state index in [0.717, 1.165) is 17.5 Å². The average Bonchev–Trinajstić information content (AvgIpc) is 2.65. The topological polar surface area (TPSA) is 34.9 Å². The van der Waals surface area contributed by atoms with Crippen molar-refractivity contribution >= 4 is 6.29 Å². The minimum absolute atomic E-state index is 0.685. The number of nitrogens with zero attached hydrogens (tertiary/aromatic N) is 2. The molecule has 0 amide bonds. The van der Waals surface area contributed by atoms with Crippen LogP contribution in [0.1, 0.15) is 10.4 Å². The Morgan fingerprint density at radius 2 is 2.00 bits per heavy atom. The lowest BCUT2D eigenvalue weighted by atomic mass is 10.1. The lowest BCUT2D eigenvalue weighted by molar-refractivity contribution is 0.112. The maximum absolute atomic E-state index is 10.4. The molecule has 0 unspecified atom stereocenters. The highest BCUT2D eigenvalue weighted by molar-refractivity contribution is 5.76. The van der Waals surface area contributed by atoms with Crippen LogP contribution in [0.4, 0.5) is 0 Å². The van der Waals surface area contributed by atoms with Crippen LogP contribution in [0.3, 0.4) is 0 Å². The number of aryl methyl sites for hydroxylation is 1. The molecule has 0 saturated carbocycles. The first kappa shape index (κ1) is 8.69. The number of rotatable bonds is 2. The monoisotopic (exact) mass is 186 g/mol. The third-order valence-electron chi connectivity index (χ3n) is 2.05. The molecule has 0 aliphatic heterocycles. The third-order valence-corrected chi connectivity index (χ3v) is 2.05. The number of carbonyl (C=O) groups is 1. The molecule has 0 aliphatic rings. The Bertz CT molecular complexity index is 443. The summed E-state index contributed by atoms with van der Waals surface area (Å²) in [5, 5.41) is 0. The summed E-state index contributed by atoms with van der Waals surface area (Å²) in [4.78, 5) is 14.7. The van der Waals surface area contributed by atoms with Gasteiger partial charge in [0.1, 0.15) is 6.29 Å². The molecule has 1 heterocycles. The number of carbonyl (C=O) groups excluding carboxylic acids is 1. The van der Waals surface area contributed by atoms with E-state index in [1.165, 1.54) is 0 Å². The summed E-state index contributed by atoms with van der Waals surface area (Å²) in [6, 6.07) is 7.37. The Morgan fingerprint density at radius 3 is 2.50 bits per heavy atom. The fourth-order valence-corrected chi connectivity index (χ4v) is 1.29. The molecular formula is C11H10N2O. The van der Waals surface area contributed by atoms with E-state index in [1.807, 2.05) is 29.9 Å². The molecule has 1 aromatic carbocycles. The molecule has 2 aromatic rings. The molecular weight excluding hydrogens is 176 g/mol. The molecule has 0 atom stereocenters.